The molecule has 0 fully saturated rings. The van der Waals surface area contributed by atoms with Gasteiger partial charge in [0.25, 0.3) is 5.69 Å². The molecule has 0 unspecified atom stereocenters. The van der Waals surface area contributed by atoms with Crippen molar-refractivity contribution < 1.29 is 89.1 Å². The van der Waals surface area contributed by atoms with Crippen molar-refractivity contribution >= 4 is 71.7 Å². The van der Waals surface area contributed by atoms with E-state index in [1.807, 2.05) is 6.07 Å². The Labute approximate surface area is 376 Å². The summed E-state index contributed by atoms with van der Waals surface area (Å²) in [7, 11) is -8.25. The van der Waals surface area contributed by atoms with E-state index in [0.717, 1.165) is 28.9 Å². The van der Waals surface area contributed by atoms with Gasteiger partial charge in [0.05, 0.1) is 37.7 Å². The van der Waals surface area contributed by atoms with Crippen LogP contribution >= 0.6 is 23.2 Å². The van der Waals surface area contributed by atoms with Gasteiger partial charge in [0.2, 0.25) is 31.8 Å². The number of sulfonamides is 2. The summed E-state index contributed by atoms with van der Waals surface area (Å²) in [6.45, 7) is 3.16. The molecule has 27 heteroatoms. The van der Waals surface area contributed by atoms with Crippen molar-refractivity contribution in [3.05, 3.63) is 110 Å². The zero-order valence-corrected chi connectivity index (χ0v) is 36.8. The molecule has 0 amide bonds. The average molecular weight is 936 g/mol. The number of non-ortho nitro benzene ring substituents is 1. The van der Waals surface area contributed by atoms with E-state index in [2.05, 4.69) is 30.7 Å². The second-order valence-electron chi connectivity index (χ2n) is 11.5. The molecule has 6 aromatic rings. The van der Waals surface area contributed by atoms with Gasteiger partial charge in [-0.2, -0.15) is 19.6 Å². The maximum atomic E-state index is 11.4. The zero-order chi connectivity index (χ0) is 42.0. The Morgan fingerprint density at radius 2 is 1.03 bits per heavy atom. The minimum atomic E-state index is -4.15. The van der Waals surface area contributed by atoms with Gasteiger partial charge >= 0.3 is 29.6 Å². The van der Waals surface area contributed by atoms with Crippen LogP contribution in [0.3, 0.4) is 0 Å². The van der Waals surface area contributed by atoms with Gasteiger partial charge in [0, 0.05) is 41.6 Å². The predicted octanol–water partition coefficient (Wildman–Crippen LogP) is 3.53. The van der Waals surface area contributed by atoms with Gasteiger partial charge in [0.1, 0.15) is 32.7 Å². The molecule has 0 bridgehead atoms. The van der Waals surface area contributed by atoms with Crippen molar-refractivity contribution in [2.24, 2.45) is 30.7 Å². The summed E-state index contributed by atoms with van der Waals surface area (Å²) in [4.78, 5) is 9.28. The fourth-order valence-corrected chi connectivity index (χ4v) is 6.94. The van der Waals surface area contributed by atoms with Crippen LogP contribution in [0.4, 0.5) is 28.4 Å². The number of halogens is 2. The Morgan fingerprint density at radius 1 is 0.661 bits per heavy atom. The number of phenols is 2. The van der Waals surface area contributed by atoms with Crippen LogP contribution in [0, 0.1) is 24.0 Å². The summed E-state index contributed by atoms with van der Waals surface area (Å²) >= 11 is 11.7. The number of nitrogens with zero attached hydrogens (tertiary/aromatic N) is 9. The minimum absolute atomic E-state index is 0. The zero-order valence-electron chi connectivity index (χ0n) is 30.4. The standard InChI is InChI=1S/C16H13ClN6O6S.C16H14ClN5O4S.Cr.Na/c1-8-15(16(25)22(21-8)9-2-4-10(5-3-9)23(26)27)20-19-12-6-11(17)14(7-13(12)24)30(18,28)29;1-9-15(16(24)22(21-9)10-5-3-2-4-6-10)20-19-12-7-11(17)14(8-13(12)23)27(18,25)26;;/h2-7,24-25H,1H3,(H2,18,28,29);2-8,23-24H,1H3,(H2,18,25,26);;/q;;;+1. The summed E-state index contributed by atoms with van der Waals surface area (Å²) in [5.41, 5.74) is 1.27. The number of hydrogen-bond acceptors (Lipinski definition) is 16. The molecule has 302 valence electrons. The number of primary sulfonamides is 2. The Hall–Kier alpha value is -4.97. The van der Waals surface area contributed by atoms with Crippen LogP contribution in [0.25, 0.3) is 11.4 Å². The molecule has 6 rings (SSSR count). The Kier molecular flexibility index (Phi) is 15.9. The van der Waals surface area contributed by atoms with E-state index in [4.69, 9.17) is 33.5 Å². The molecule has 0 spiro atoms. The molecule has 0 aliphatic carbocycles. The number of hydrogen-bond donors (Lipinski definition) is 6. The van der Waals surface area contributed by atoms with E-state index in [9.17, 15) is 47.4 Å². The van der Waals surface area contributed by atoms with Gasteiger partial charge in [-0.3, -0.25) is 10.1 Å². The number of aryl methyl sites for hydroxylation is 2. The van der Waals surface area contributed by atoms with Crippen LogP contribution in [0.5, 0.6) is 23.3 Å². The predicted molar refractivity (Wildman–Crippen MR) is 204 cm³/mol. The monoisotopic (exact) mass is 934 g/mol. The van der Waals surface area contributed by atoms with Crippen LogP contribution in [0.1, 0.15) is 11.4 Å². The molecular weight excluding hydrogens is 908 g/mol. The van der Waals surface area contributed by atoms with Crippen molar-refractivity contribution in [2.75, 3.05) is 0 Å². The molecule has 0 saturated heterocycles. The van der Waals surface area contributed by atoms with Crippen molar-refractivity contribution in [3.63, 3.8) is 0 Å². The fourth-order valence-electron chi connectivity index (χ4n) is 4.76. The van der Waals surface area contributed by atoms with E-state index in [1.165, 1.54) is 35.9 Å². The number of nitro benzene ring substituents is 1. The van der Waals surface area contributed by atoms with Crippen LogP contribution in [0.2, 0.25) is 10.0 Å². The number of aromatic hydroxyl groups is 4. The number of para-hydroxylation sites is 1. The molecule has 4 aromatic carbocycles. The molecule has 0 aliphatic heterocycles. The SMILES string of the molecule is Cc1nn(-c2ccc([N+](=O)[O-])cc2)c(O)c1N=Nc1cc(Cl)c(S(N)(=O)=O)cc1O.Cc1nn(-c2ccccc2)c(O)c1N=Nc1cc(Cl)c(S(N)(=O)=O)cc1O.[Cr].[Na+]. The fraction of sp³-hybridized carbons (Fsp3) is 0.0625. The summed E-state index contributed by atoms with van der Waals surface area (Å²) in [6.07, 6.45) is 0. The van der Waals surface area contributed by atoms with Crippen molar-refractivity contribution in [3.8, 4) is 34.6 Å². The normalized spacial score (nSPS) is 11.5. The van der Waals surface area contributed by atoms with Crippen molar-refractivity contribution in [1.82, 2.24) is 19.6 Å². The minimum Gasteiger partial charge on any atom is -0.506 e. The van der Waals surface area contributed by atoms with E-state index in [1.54, 1.807) is 31.2 Å². The topological polar surface area (TPSA) is 329 Å². The van der Waals surface area contributed by atoms with Crippen LogP contribution in [-0.4, -0.2) is 61.7 Å². The van der Waals surface area contributed by atoms with Gasteiger partial charge in [-0.1, -0.05) is 41.4 Å². The van der Waals surface area contributed by atoms with Gasteiger partial charge in [-0.05, 0) is 50.2 Å². The van der Waals surface area contributed by atoms with E-state index in [0.29, 0.717) is 17.1 Å². The number of benzene rings is 4. The third-order valence-corrected chi connectivity index (χ3v) is 10.3. The maximum absolute atomic E-state index is 11.4. The number of azo groups is 2. The molecule has 0 saturated carbocycles. The first-order valence-corrected chi connectivity index (χ1v) is 19.3. The van der Waals surface area contributed by atoms with Gasteiger partial charge in [0.15, 0.2) is 11.4 Å². The number of rotatable bonds is 9. The molecule has 0 aliphatic rings. The van der Waals surface area contributed by atoms with Crippen LogP contribution in [-0.2, 0) is 37.4 Å². The first kappa shape index (κ1) is 48.4. The number of phenolic OH excluding ortho intramolecular Hbond substituents is 2. The summed E-state index contributed by atoms with van der Waals surface area (Å²) < 4.78 is 48.1. The molecule has 0 radical (unpaired) electrons. The second-order valence-corrected chi connectivity index (χ2v) is 15.4. The second kappa shape index (κ2) is 19.4. The van der Waals surface area contributed by atoms with Crippen molar-refractivity contribution in [1.29, 1.82) is 0 Å². The number of nitrogens with two attached hydrogens (primary N) is 2. The molecule has 59 heavy (non-hydrogen) atoms. The van der Waals surface area contributed by atoms with Crippen LogP contribution in [0.15, 0.2) is 109 Å². The third-order valence-electron chi connectivity index (χ3n) is 7.50. The average Bonchev–Trinajstić information content (AvgIpc) is 3.59. The largest absolute Gasteiger partial charge is 1.00 e. The number of aromatic nitrogens is 4. The number of nitro groups is 1. The van der Waals surface area contributed by atoms with E-state index < -0.39 is 52.1 Å². The maximum Gasteiger partial charge on any atom is 1.00 e. The molecule has 2 aromatic heterocycles. The van der Waals surface area contributed by atoms with Crippen LogP contribution < -0.4 is 39.8 Å². The molecule has 8 N–H and O–H groups in total. The Bertz CT molecular complexity index is 2830. The summed E-state index contributed by atoms with van der Waals surface area (Å²) in [5.74, 6) is -1.68. The molecule has 0 atom stereocenters. The van der Waals surface area contributed by atoms with Gasteiger partial charge in [-0.15, -0.1) is 20.5 Å². The Morgan fingerprint density at radius 3 is 1.39 bits per heavy atom. The molecule has 21 nitrogen and oxygen atoms in total. The first-order chi connectivity index (χ1) is 26.7. The smallest absolute Gasteiger partial charge is 0.506 e. The van der Waals surface area contributed by atoms with Gasteiger partial charge < -0.3 is 20.4 Å². The van der Waals surface area contributed by atoms with Gasteiger partial charge in [-0.25, -0.2) is 27.1 Å². The van der Waals surface area contributed by atoms with E-state index >= 15 is 0 Å². The van der Waals surface area contributed by atoms with Crippen molar-refractivity contribution in [2.45, 2.75) is 23.6 Å². The third kappa shape index (κ3) is 11.2. The molecular formula is C32H27Cl2CrN11NaO10S2+. The quantitative estimate of drug-likeness (QED) is 0.0525. The summed E-state index contributed by atoms with van der Waals surface area (Å²) in [6, 6.07) is 18.1. The first-order valence-electron chi connectivity index (χ1n) is 15.5. The van der Waals surface area contributed by atoms with E-state index in [-0.39, 0.29) is 97.0 Å². The summed E-state index contributed by atoms with van der Waals surface area (Å²) in [5, 5.41) is 84.7. The Balaban J connectivity index is 0.000000306. The molecule has 2 heterocycles.